The zero-order chi connectivity index (χ0) is 12.1. The second-order valence-corrected chi connectivity index (χ2v) is 4.67. The Morgan fingerprint density at radius 2 is 1.80 bits per heavy atom. The van der Waals surface area contributed by atoms with E-state index in [1.807, 2.05) is 0 Å². The summed E-state index contributed by atoms with van der Waals surface area (Å²) in [5.41, 5.74) is 4.85. The number of rotatable bonds is 7. The molecule has 0 aliphatic rings. The number of nitrogens with two attached hydrogens (primary N) is 2. The molecule has 0 aliphatic carbocycles. The van der Waals surface area contributed by atoms with Gasteiger partial charge in [-0.3, -0.25) is 14.5 Å². The van der Waals surface area contributed by atoms with Crippen LogP contribution >= 0.6 is 0 Å². The minimum atomic E-state index is -3.68. The number of aliphatic carboxylic acids is 1. The molecule has 0 saturated heterocycles. The average molecular weight is 239 g/mol. The van der Waals surface area contributed by atoms with Gasteiger partial charge in [-0.05, 0) is 0 Å². The molecule has 0 aliphatic heterocycles. The Kier molecular flexibility index (Phi) is 5.19. The van der Waals surface area contributed by atoms with Crippen LogP contribution in [-0.2, 0) is 19.6 Å². The second kappa shape index (κ2) is 5.63. The predicted molar refractivity (Wildman–Crippen MR) is 51.2 cm³/mol. The number of sulfonamides is 1. The topological polar surface area (TPSA) is 144 Å². The highest BCUT2D eigenvalue weighted by Gasteiger charge is 2.14. The molecule has 0 heterocycles. The van der Waals surface area contributed by atoms with E-state index in [1.54, 1.807) is 0 Å². The van der Waals surface area contributed by atoms with Crippen molar-refractivity contribution in [3.8, 4) is 0 Å². The van der Waals surface area contributed by atoms with Gasteiger partial charge in [0.25, 0.3) is 0 Å². The summed E-state index contributed by atoms with van der Waals surface area (Å²) in [5.74, 6) is -2.33. The second-order valence-electron chi connectivity index (χ2n) is 2.94. The lowest BCUT2D eigenvalue weighted by Gasteiger charge is -2.17. The highest BCUT2D eigenvalue weighted by atomic mass is 32.2. The fourth-order valence-corrected chi connectivity index (χ4v) is 1.39. The largest absolute Gasteiger partial charge is 0.480 e. The van der Waals surface area contributed by atoms with Crippen LogP contribution in [0.4, 0.5) is 0 Å². The smallest absolute Gasteiger partial charge is 0.317 e. The molecule has 0 radical (unpaired) electrons. The molecule has 0 aromatic rings. The highest BCUT2D eigenvalue weighted by molar-refractivity contribution is 7.89. The zero-order valence-electron chi connectivity index (χ0n) is 7.92. The van der Waals surface area contributed by atoms with E-state index in [9.17, 15) is 18.0 Å². The van der Waals surface area contributed by atoms with Crippen molar-refractivity contribution in [1.82, 2.24) is 4.90 Å². The van der Waals surface area contributed by atoms with Gasteiger partial charge < -0.3 is 10.8 Å². The molecular weight excluding hydrogens is 226 g/mol. The molecule has 0 saturated carbocycles. The van der Waals surface area contributed by atoms with Crippen LogP contribution in [0.3, 0.4) is 0 Å². The number of carbonyl (C=O) groups excluding carboxylic acids is 1. The first-order chi connectivity index (χ1) is 6.70. The van der Waals surface area contributed by atoms with Crippen molar-refractivity contribution in [3.63, 3.8) is 0 Å². The van der Waals surface area contributed by atoms with Gasteiger partial charge in [-0.25, -0.2) is 13.6 Å². The van der Waals surface area contributed by atoms with Crippen LogP contribution in [0.1, 0.15) is 0 Å². The van der Waals surface area contributed by atoms with Crippen molar-refractivity contribution in [2.24, 2.45) is 10.9 Å². The summed E-state index contributed by atoms with van der Waals surface area (Å²) in [6.07, 6.45) is 0. The van der Waals surface area contributed by atoms with Gasteiger partial charge in [-0.2, -0.15) is 0 Å². The minimum absolute atomic E-state index is 0.145. The number of hydrogen-bond acceptors (Lipinski definition) is 5. The molecule has 0 aromatic heterocycles. The maximum atomic E-state index is 10.6. The molecule has 0 aromatic carbocycles. The summed E-state index contributed by atoms with van der Waals surface area (Å²) in [6, 6.07) is 0. The third kappa shape index (κ3) is 9.12. The molecule has 88 valence electrons. The third-order valence-electron chi connectivity index (χ3n) is 1.43. The minimum Gasteiger partial charge on any atom is -0.480 e. The lowest BCUT2D eigenvalue weighted by atomic mass is 10.4. The number of carbonyl (C=O) groups is 2. The average Bonchev–Trinajstić information content (AvgIpc) is 1.96. The van der Waals surface area contributed by atoms with E-state index in [4.69, 9.17) is 16.0 Å². The molecule has 0 bridgehead atoms. The Bertz CT molecular complexity index is 323. The van der Waals surface area contributed by atoms with Crippen molar-refractivity contribution in [3.05, 3.63) is 0 Å². The molecule has 5 N–H and O–H groups in total. The number of primary sulfonamides is 1. The predicted octanol–water partition coefficient (Wildman–Crippen LogP) is -2.85. The van der Waals surface area contributed by atoms with Gasteiger partial charge >= 0.3 is 5.97 Å². The van der Waals surface area contributed by atoms with Crippen LogP contribution in [0, 0.1) is 0 Å². The van der Waals surface area contributed by atoms with Crippen LogP contribution in [0.5, 0.6) is 0 Å². The molecule has 0 spiro atoms. The lowest BCUT2D eigenvalue weighted by Crippen LogP contribution is -2.40. The van der Waals surface area contributed by atoms with Gasteiger partial charge in [0, 0.05) is 6.54 Å². The monoisotopic (exact) mass is 239 g/mol. The Labute approximate surface area is 86.9 Å². The molecule has 0 fully saturated rings. The van der Waals surface area contributed by atoms with Crippen molar-refractivity contribution in [2.75, 3.05) is 25.4 Å². The van der Waals surface area contributed by atoms with Gasteiger partial charge in [0.05, 0.1) is 18.8 Å². The highest BCUT2D eigenvalue weighted by Crippen LogP contribution is 1.89. The van der Waals surface area contributed by atoms with E-state index in [1.165, 1.54) is 0 Å². The van der Waals surface area contributed by atoms with Crippen molar-refractivity contribution in [2.45, 2.75) is 0 Å². The third-order valence-corrected chi connectivity index (χ3v) is 2.18. The first-order valence-corrected chi connectivity index (χ1v) is 5.65. The van der Waals surface area contributed by atoms with E-state index < -0.39 is 34.2 Å². The number of carboxylic acids is 1. The van der Waals surface area contributed by atoms with Gasteiger partial charge in [-0.1, -0.05) is 0 Å². The molecule has 0 unspecified atom stereocenters. The molecule has 0 rings (SSSR count). The summed E-state index contributed by atoms with van der Waals surface area (Å²) >= 11 is 0. The van der Waals surface area contributed by atoms with E-state index in [0.717, 1.165) is 4.90 Å². The molecule has 1 amide bonds. The Morgan fingerprint density at radius 3 is 2.13 bits per heavy atom. The van der Waals surface area contributed by atoms with E-state index in [2.05, 4.69) is 0 Å². The van der Waals surface area contributed by atoms with E-state index >= 15 is 0 Å². The van der Waals surface area contributed by atoms with Crippen LogP contribution < -0.4 is 10.9 Å². The summed E-state index contributed by atoms with van der Waals surface area (Å²) in [5, 5.41) is 13.2. The maximum absolute atomic E-state index is 10.6. The first-order valence-electron chi connectivity index (χ1n) is 3.93. The number of nitrogens with zero attached hydrogens (tertiary/aromatic N) is 1. The fourth-order valence-electron chi connectivity index (χ4n) is 0.882. The van der Waals surface area contributed by atoms with Crippen molar-refractivity contribution in [1.29, 1.82) is 0 Å². The van der Waals surface area contributed by atoms with Crippen LogP contribution in [0.15, 0.2) is 0 Å². The van der Waals surface area contributed by atoms with Gasteiger partial charge in [0.15, 0.2) is 0 Å². The quantitative estimate of drug-likeness (QED) is 0.436. The summed E-state index contributed by atoms with van der Waals surface area (Å²) in [7, 11) is -3.68. The molecule has 8 nitrogen and oxygen atoms in total. The molecule has 0 atom stereocenters. The lowest BCUT2D eigenvalue weighted by molar-refractivity contribution is -0.138. The first kappa shape index (κ1) is 13.8. The van der Waals surface area contributed by atoms with Crippen LogP contribution in [-0.4, -0.2) is 55.7 Å². The SMILES string of the molecule is NC(=O)CN(CCS(N)(=O)=O)CC(=O)O. The Balaban J connectivity index is 4.24. The number of carboxylic acid groups (broad SMARTS) is 1. The molecule has 9 heteroatoms. The normalized spacial score (nSPS) is 11.6. The fraction of sp³-hybridized carbons (Fsp3) is 0.667. The van der Waals surface area contributed by atoms with Gasteiger partial charge in [-0.15, -0.1) is 0 Å². The van der Waals surface area contributed by atoms with E-state index in [-0.39, 0.29) is 13.1 Å². The van der Waals surface area contributed by atoms with Crippen molar-refractivity contribution >= 4 is 21.9 Å². The summed E-state index contributed by atoms with van der Waals surface area (Å²) < 4.78 is 21.2. The maximum Gasteiger partial charge on any atom is 0.317 e. The van der Waals surface area contributed by atoms with Crippen LogP contribution in [0.2, 0.25) is 0 Å². The van der Waals surface area contributed by atoms with Gasteiger partial charge in [0.2, 0.25) is 15.9 Å². The van der Waals surface area contributed by atoms with Crippen LogP contribution in [0.25, 0.3) is 0 Å². The number of primary amides is 1. The zero-order valence-corrected chi connectivity index (χ0v) is 8.74. The van der Waals surface area contributed by atoms with Crippen molar-refractivity contribution < 1.29 is 23.1 Å². The van der Waals surface area contributed by atoms with E-state index in [0.29, 0.717) is 0 Å². The Hall–Kier alpha value is -1.19. The molecule has 15 heavy (non-hydrogen) atoms. The summed E-state index contributed by atoms with van der Waals surface area (Å²) in [6.45, 7) is -0.922. The Morgan fingerprint density at radius 1 is 1.27 bits per heavy atom. The standard InChI is InChI=1S/C6H13N3O5S/c7-5(10)3-9(4-6(11)12)1-2-15(8,13)14/h1-4H2,(H2,7,10)(H,11,12)(H2,8,13,14). The molecular formula is C6H13N3O5S. The van der Waals surface area contributed by atoms with Gasteiger partial charge in [0.1, 0.15) is 0 Å². The summed E-state index contributed by atoms with van der Waals surface area (Å²) in [4.78, 5) is 22.0. The number of hydrogen-bond donors (Lipinski definition) is 3. The number of amides is 1.